The van der Waals surface area contributed by atoms with Crippen molar-refractivity contribution in [1.82, 2.24) is 0 Å². The molecule has 0 saturated heterocycles. The van der Waals surface area contributed by atoms with Crippen molar-refractivity contribution >= 4 is 28.8 Å². The second-order valence-corrected chi connectivity index (χ2v) is 3.94. The van der Waals surface area contributed by atoms with Gasteiger partial charge in [0.15, 0.2) is 5.78 Å². The molecule has 0 saturated carbocycles. The molecule has 0 atom stereocenters. The maximum Gasteiger partial charge on any atom is 0.172 e. The summed E-state index contributed by atoms with van der Waals surface area (Å²) in [5.41, 5.74) is 3.17. The number of ketones is 1. The van der Waals surface area contributed by atoms with Crippen LogP contribution < -0.4 is 0 Å². The first-order valence-corrected chi connectivity index (χ1v) is 4.84. The normalized spacial score (nSPS) is 15.1. The molecule has 1 aromatic carbocycles. The number of hydrogen-bond donors (Lipinski definition) is 0. The van der Waals surface area contributed by atoms with Gasteiger partial charge in [0.05, 0.1) is 16.3 Å². The van der Waals surface area contributed by atoms with E-state index < -0.39 is 0 Å². The van der Waals surface area contributed by atoms with Crippen molar-refractivity contribution < 1.29 is 4.79 Å². The highest BCUT2D eigenvalue weighted by Crippen LogP contribution is 2.34. The summed E-state index contributed by atoms with van der Waals surface area (Å²) in [7, 11) is 0. The average molecular weight is 208 g/mol. The summed E-state index contributed by atoms with van der Waals surface area (Å²) < 4.78 is 0. The van der Waals surface area contributed by atoms with Gasteiger partial charge in [0.2, 0.25) is 0 Å². The summed E-state index contributed by atoms with van der Waals surface area (Å²) in [4.78, 5) is 16.1. The summed E-state index contributed by atoms with van der Waals surface area (Å²) in [5.74, 6) is 0.0706. The van der Waals surface area contributed by atoms with Crippen LogP contribution in [-0.4, -0.2) is 11.5 Å². The highest BCUT2D eigenvalue weighted by Gasteiger charge is 2.21. The van der Waals surface area contributed by atoms with Gasteiger partial charge >= 0.3 is 0 Å². The first-order valence-electron chi connectivity index (χ1n) is 4.46. The molecule has 0 radical (unpaired) electrons. The summed E-state index contributed by atoms with van der Waals surface area (Å²) >= 11 is 5.97. The number of rotatable bonds is 0. The standard InChI is InChI=1S/C11H10ClNO/c1-6-3-4-8(12)10-9(14)5-7(2)13-11(6)10/h3-4H,5H2,1-2H3. The van der Waals surface area contributed by atoms with Crippen LogP contribution in [0.25, 0.3) is 0 Å². The predicted molar refractivity (Wildman–Crippen MR) is 57.9 cm³/mol. The van der Waals surface area contributed by atoms with Gasteiger partial charge in [-0.2, -0.15) is 0 Å². The molecular formula is C11H10ClNO. The Morgan fingerprint density at radius 2 is 2.07 bits per heavy atom. The fourth-order valence-corrected chi connectivity index (χ4v) is 1.89. The monoisotopic (exact) mass is 207 g/mol. The minimum atomic E-state index is 0.0706. The number of benzene rings is 1. The molecule has 1 heterocycles. The van der Waals surface area contributed by atoms with Crippen molar-refractivity contribution in [2.75, 3.05) is 0 Å². The van der Waals surface area contributed by atoms with Crippen molar-refractivity contribution in [2.24, 2.45) is 4.99 Å². The van der Waals surface area contributed by atoms with E-state index in [-0.39, 0.29) is 5.78 Å². The maximum atomic E-state index is 11.7. The minimum absolute atomic E-state index is 0.0706. The van der Waals surface area contributed by atoms with E-state index in [2.05, 4.69) is 4.99 Å². The Hall–Kier alpha value is -1.15. The molecule has 0 amide bonds. The molecule has 0 aromatic heterocycles. The van der Waals surface area contributed by atoms with Crippen LogP contribution in [0, 0.1) is 6.92 Å². The van der Waals surface area contributed by atoms with E-state index in [0.29, 0.717) is 17.0 Å². The Labute approximate surface area is 87.6 Å². The van der Waals surface area contributed by atoms with Crippen molar-refractivity contribution in [2.45, 2.75) is 20.3 Å². The quantitative estimate of drug-likeness (QED) is 0.642. The molecule has 14 heavy (non-hydrogen) atoms. The number of nitrogens with zero attached hydrogens (tertiary/aromatic N) is 1. The third-order valence-corrected chi connectivity index (χ3v) is 2.64. The number of carbonyl (C=O) groups excluding carboxylic acids is 1. The number of carbonyl (C=O) groups is 1. The predicted octanol–water partition coefficient (Wildman–Crippen LogP) is 3.33. The van der Waals surface area contributed by atoms with Crippen LogP contribution in [0.2, 0.25) is 5.02 Å². The molecule has 1 aromatic rings. The van der Waals surface area contributed by atoms with Gasteiger partial charge in [0, 0.05) is 12.1 Å². The number of halogens is 1. The second kappa shape index (κ2) is 3.21. The van der Waals surface area contributed by atoms with E-state index in [4.69, 9.17) is 11.6 Å². The van der Waals surface area contributed by atoms with Crippen molar-refractivity contribution in [1.29, 1.82) is 0 Å². The van der Waals surface area contributed by atoms with E-state index in [1.54, 1.807) is 6.07 Å². The number of hydrogen-bond acceptors (Lipinski definition) is 2. The van der Waals surface area contributed by atoms with E-state index in [9.17, 15) is 4.79 Å². The Bertz CT molecular complexity index is 449. The van der Waals surface area contributed by atoms with Crippen molar-refractivity contribution in [3.05, 3.63) is 28.3 Å². The van der Waals surface area contributed by atoms with Crippen LogP contribution in [0.4, 0.5) is 5.69 Å². The minimum Gasteiger partial charge on any atom is -0.294 e. The van der Waals surface area contributed by atoms with Gasteiger partial charge < -0.3 is 0 Å². The molecule has 0 N–H and O–H groups in total. The van der Waals surface area contributed by atoms with Crippen LogP contribution in [0.5, 0.6) is 0 Å². The first kappa shape index (κ1) is 9.41. The van der Waals surface area contributed by atoms with Crippen LogP contribution in [0.1, 0.15) is 29.3 Å². The zero-order valence-corrected chi connectivity index (χ0v) is 8.85. The first-order chi connectivity index (χ1) is 6.59. The lowest BCUT2D eigenvalue weighted by atomic mass is 9.98. The number of Topliss-reactive ketones (excluding diaryl/α,β-unsaturated/α-hetero) is 1. The Kier molecular flexibility index (Phi) is 2.16. The molecule has 0 aliphatic carbocycles. The van der Waals surface area contributed by atoms with Crippen LogP contribution in [0.3, 0.4) is 0 Å². The third-order valence-electron chi connectivity index (χ3n) is 2.33. The molecule has 0 spiro atoms. The topological polar surface area (TPSA) is 29.4 Å². The van der Waals surface area contributed by atoms with Gasteiger partial charge in [-0.05, 0) is 25.5 Å². The van der Waals surface area contributed by atoms with E-state index >= 15 is 0 Å². The molecule has 1 aliphatic heterocycles. The summed E-state index contributed by atoms with van der Waals surface area (Å²) in [6, 6.07) is 3.64. The lowest BCUT2D eigenvalue weighted by Gasteiger charge is -2.15. The summed E-state index contributed by atoms with van der Waals surface area (Å²) in [5, 5.41) is 0.506. The van der Waals surface area contributed by atoms with E-state index in [0.717, 1.165) is 17.0 Å². The van der Waals surface area contributed by atoms with Gasteiger partial charge in [0.25, 0.3) is 0 Å². The highest BCUT2D eigenvalue weighted by atomic mass is 35.5. The molecule has 0 unspecified atom stereocenters. The molecule has 0 fully saturated rings. The molecule has 72 valence electrons. The average Bonchev–Trinajstić information content (AvgIpc) is 2.10. The van der Waals surface area contributed by atoms with E-state index in [1.165, 1.54) is 0 Å². The lowest BCUT2D eigenvalue weighted by molar-refractivity contribution is 0.1000. The van der Waals surface area contributed by atoms with Gasteiger partial charge in [-0.3, -0.25) is 9.79 Å². The van der Waals surface area contributed by atoms with Gasteiger partial charge in [-0.1, -0.05) is 17.7 Å². The summed E-state index contributed by atoms with van der Waals surface area (Å²) in [6.07, 6.45) is 0.385. The maximum absolute atomic E-state index is 11.7. The molecule has 0 bridgehead atoms. The fraction of sp³-hybridized carbons (Fsp3) is 0.273. The zero-order chi connectivity index (χ0) is 10.3. The smallest absolute Gasteiger partial charge is 0.172 e. The number of aliphatic imine (C=N–C) groups is 1. The summed E-state index contributed by atoms with van der Waals surface area (Å²) in [6.45, 7) is 3.80. The molecule has 2 nitrogen and oxygen atoms in total. The van der Waals surface area contributed by atoms with Gasteiger partial charge in [0.1, 0.15) is 0 Å². The Morgan fingerprint density at radius 1 is 1.36 bits per heavy atom. The molecule has 1 aliphatic rings. The second-order valence-electron chi connectivity index (χ2n) is 3.53. The number of fused-ring (bicyclic) bond motifs is 1. The third kappa shape index (κ3) is 1.36. The molecule has 2 rings (SSSR count). The van der Waals surface area contributed by atoms with Crippen LogP contribution in [-0.2, 0) is 0 Å². The SMILES string of the molecule is CC1=Nc2c(C)ccc(Cl)c2C(=O)C1. The van der Waals surface area contributed by atoms with Crippen LogP contribution in [0.15, 0.2) is 17.1 Å². The van der Waals surface area contributed by atoms with Crippen LogP contribution >= 0.6 is 11.6 Å². The molecule has 3 heteroatoms. The lowest BCUT2D eigenvalue weighted by Crippen LogP contribution is -2.11. The Morgan fingerprint density at radius 3 is 2.79 bits per heavy atom. The van der Waals surface area contributed by atoms with Crippen molar-refractivity contribution in [3.63, 3.8) is 0 Å². The number of aryl methyl sites for hydroxylation is 1. The Balaban J connectivity index is 2.76. The van der Waals surface area contributed by atoms with Gasteiger partial charge in [-0.15, -0.1) is 0 Å². The highest BCUT2D eigenvalue weighted by molar-refractivity contribution is 6.36. The largest absolute Gasteiger partial charge is 0.294 e. The van der Waals surface area contributed by atoms with Crippen molar-refractivity contribution in [3.8, 4) is 0 Å². The molecular weight excluding hydrogens is 198 g/mol. The van der Waals surface area contributed by atoms with Gasteiger partial charge in [-0.25, -0.2) is 0 Å². The zero-order valence-electron chi connectivity index (χ0n) is 8.10. The van der Waals surface area contributed by atoms with E-state index in [1.807, 2.05) is 19.9 Å². The fourth-order valence-electron chi connectivity index (χ4n) is 1.63.